The minimum Gasteiger partial charge on any atom is -0.298 e. The molecule has 1 aliphatic rings. The van der Waals surface area contributed by atoms with Gasteiger partial charge in [0.15, 0.2) is 10.9 Å². The third-order valence-corrected chi connectivity index (χ3v) is 4.46. The molecule has 0 unspecified atom stereocenters. The molecule has 1 heterocycles. The summed E-state index contributed by atoms with van der Waals surface area (Å²) >= 11 is 1.35. The van der Waals surface area contributed by atoms with Gasteiger partial charge in [0.25, 0.3) is 0 Å². The van der Waals surface area contributed by atoms with E-state index in [4.69, 9.17) is 0 Å². The van der Waals surface area contributed by atoms with Crippen LogP contribution in [0.1, 0.15) is 57.1 Å². The first-order valence-corrected chi connectivity index (χ1v) is 8.12. The van der Waals surface area contributed by atoms with Gasteiger partial charge in [0, 0.05) is 18.0 Å². The second-order valence-electron chi connectivity index (χ2n) is 7.42. The maximum Gasteiger partial charge on any atom is 0.188 e. The first-order chi connectivity index (χ1) is 9.58. The maximum absolute atomic E-state index is 12.1. The predicted octanol–water partition coefficient (Wildman–Crippen LogP) is 3.34. The van der Waals surface area contributed by atoms with Crippen molar-refractivity contribution in [3.8, 4) is 0 Å². The molecular formula is C16H22N2O2S. The number of Topliss-reactive ketones (excluding diaryl/α,β-unsaturated/α-hetero) is 2. The van der Waals surface area contributed by atoms with E-state index in [1.54, 1.807) is 6.20 Å². The lowest BCUT2D eigenvalue weighted by Crippen LogP contribution is -2.28. The normalized spacial score (nSPS) is 17.5. The molecule has 0 radical (unpaired) electrons. The molecule has 0 aromatic carbocycles. The molecular weight excluding hydrogens is 284 g/mol. The zero-order valence-corrected chi connectivity index (χ0v) is 14.1. The smallest absolute Gasteiger partial charge is 0.188 e. The van der Waals surface area contributed by atoms with Crippen molar-refractivity contribution in [2.75, 3.05) is 5.75 Å². The van der Waals surface area contributed by atoms with Gasteiger partial charge in [0.05, 0.1) is 17.0 Å². The summed E-state index contributed by atoms with van der Waals surface area (Å²) in [5.74, 6) is 0.647. The topological polar surface area (TPSA) is 59.9 Å². The summed E-state index contributed by atoms with van der Waals surface area (Å²) in [6.07, 6.45) is 2.93. The zero-order chi connectivity index (χ0) is 15.8. The molecule has 4 nitrogen and oxygen atoms in total. The van der Waals surface area contributed by atoms with Crippen LogP contribution in [-0.4, -0.2) is 27.3 Å². The van der Waals surface area contributed by atoms with Crippen molar-refractivity contribution in [3.63, 3.8) is 0 Å². The number of fused-ring (bicyclic) bond motifs is 1. The van der Waals surface area contributed by atoms with Crippen LogP contribution in [0.15, 0.2) is 11.4 Å². The number of thioether (sulfide) groups is 1. The zero-order valence-electron chi connectivity index (χ0n) is 13.3. The monoisotopic (exact) mass is 306 g/mol. The van der Waals surface area contributed by atoms with Crippen molar-refractivity contribution in [2.24, 2.45) is 10.8 Å². The lowest BCUT2D eigenvalue weighted by atomic mass is 9.76. The molecule has 0 N–H and O–H groups in total. The SMILES string of the molecule is CC1(C)CC(=O)c2cnc(SCC(=O)C(C)(C)C)nc2C1. The predicted molar refractivity (Wildman–Crippen MR) is 83.7 cm³/mol. The van der Waals surface area contributed by atoms with E-state index in [-0.39, 0.29) is 22.4 Å². The number of hydrogen-bond acceptors (Lipinski definition) is 5. The highest BCUT2D eigenvalue weighted by atomic mass is 32.2. The van der Waals surface area contributed by atoms with Crippen LogP contribution in [0.2, 0.25) is 0 Å². The van der Waals surface area contributed by atoms with Crippen LogP contribution in [0.5, 0.6) is 0 Å². The number of hydrogen-bond donors (Lipinski definition) is 0. The van der Waals surface area contributed by atoms with Crippen LogP contribution in [0.25, 0.3) is 0 Å². The third kappa shape index (κ3) is 3.90. The highest BCUT2D eigenvalue weighted by Crippen LogP contribution is 2.34. The number of carbonyl (C=O) groups is 2. The third-order valence-electron chi connectivity index (χ3n) is 3.60. The first-order valence-electron chi connectivity index (χ1n) is 7.14. The van der Waals surface area contributed by atoms with Gasteiger partial charge in [-0.05, 0) is 11.8 Å². The molecule has 0 fully saturated rings. The average Bonchev–Trinajstić information content (AvgIpc) is 2.32. The lowest BCUT2D eigenvalue weighted by molar-refractivity contribution is -0.123. The summed E-state index contributed by atoms with van der Waals surface area (Å²) in [6, 6.07) is 0. The highest BCUT2D eigenvalue weighted by molar-refractivity contribution is 7.99. The number of nitrogens with zero attached hydrogens (tertiary/aromatic N) is 2. The van der Waals surface area contributed by atoms with Crippen LogP contribution in [0.3, 0.4) is 0 Å². The Hall–Kier alpha value is -1.23. The number of rotatable bonds is 3. The van der Waals surface area contributed by atoms with Gasteiger partial charge in [-0.15, -0.1) is 0 Å². The highest BCUT2D eigenvalue weighted by Gasteiger charge is 2.32. The Morgan fingerprint density at radius 1 is 1.33 bits per heavy atom. The Bertz CT molecular complexity index is 588. The van der Waals surface area contributed by atoms with Gasteiger partial charge in [-0.25, -0.2) is 9.97 Å². The van der Waals surface area contributed by atoms with E-state index in [1.165, 1.54) is 11.8 Å². The van der Waals surface area contributed by atoms with E-state index in [0.717, 1.165) is 12.1 Å². The molecule has 5 heteroatoms. The summed E-state index contributed by atoms with van der Waals surface area (Å²) in [5.41, 5.74) is 1.05. The summed E-state index contributed by atoms with van der Waals surface area (Å²) in [5, 5.41) is 0.580. The van der Waals surface area contributed by atoms with E-state index < -0.39 is 0 Å². The fourth-order valence-electron chi connectivity index (χ4n) is 2.23. The number of ketones is 2. The van der Waals surface area contributed by atoms with Gasteiger partial charge < -0.3 is 0 Å². The van der Waals surface area contributed by atoms with Gasteiger partial charge in [-0.1, -0.05) is 46.4 Å². The molecule has 1 aliphatic carbocycles. The molecule has 0 aliphatic heterocycles. The average molecular weight is 306 g/mol. The number of aromatic nitrogens is 2. The molecule has 0 spiro atoms. The molecule has 0 saturated carbocycles. The van der Waals surface area contributed by atoms with E-state index in [1.807, 2.05) is 20.8 Å². The summed E-state index contributed by atoms with van der Waals surface area (Å²) in [4.78, 5) is 32.7. The van der Waals surface area contributed by atoms with Crippen LogP contribution >= 0.6 is 11.8 Å². The lowest BCUT2D eigenvalue weighted by Gasteiger charge is -2.29. The van der Waals surface area contributed by atoms with Crippen molar-refractivity contribution >= 4 is 23.3 Å². The number of carbonyl (C=O) groups excluding carboxylic acids is 2. The molecule has 0 amide bonds. The Kier molecular flexibility index (Phi) is 4.24. The van der Waals surface area contributed by atoms with E-state index in [9.17, 15) is 9.59 Å². The molecule has 0 bridgehead atoms. The Morgan fingerprint density at radius 2 is 2.00 bits per heavy atom. The summed E-state index contributed by atoms with van der Waals surface area (Å²) in [7, 11) is 0. The van der Waals surface area contributed by atoms with Crippen LogP contribution < -0.4 is 0 Å². The van der Waals surface area contributed by atoms with Gasteiger partial charge in [0.1, 0.15) is 5.78 Å². The summed E-state index contributed by atoms with van der Waals surface area (Å²) in [6.45, 7) is 9.87. The van der Waals surface area contributed by atoms with E-state index >= 15 is 0 Å². The molecule has 114 valence electrons. The standard InChI is InChI=1S/C16H22N2O2S/c1-15(2,3)13(20)9-21-14-17-8-10-11(18-14)6-16(4,5)7-12(10)19/h8H,6-7,9H2,1-5H3. The van der Waals surface area contributed by atoms with Gasteiger partial charge in [0.2, 0.25) is 0 Å². The van der Waals surface area contributed by atoms with Crippen molar-refractivity contribution < 1.29 is 9.59 Å². The second kappa shape index (κ2) is 5.52. The Labute approximate surface area is 130 Å². The van der Waals surface area contributed by atoms with Gasteiger partial charge in [-0.2, -0.15) is 0 Å². The van der Waals surface area contributed by atoms with Crippen molar-refractivity contribution in [1.29, 1.82) is 0 Å². The largest absolute Gasteiger partial charge is 0.298 e. The minimum absolute atomic E-state index is 0.0540. The van der Waals surface area contributed by atoms with Crippen molar-refractivity contribution in [1.82, 2.24) is 9.97 Å². The van der Waals surface area contributed by atoms with E-state index in [0.29, 0.717) is 22.9 Å². The van der Waals surface area contributed by atoms with Crippen LogP contribution in [0, 0.1) is 10.8 Å². The maximum atomic E-state index is 12.1. The first kappa shape index (κ1) is 16.1. The van der Waals surface area contributed by atoms with Crippen LogP contribution in [-0.2, 0) is 11.2 Å². The molecule has 1 aromatic heterocycles. The summed E-state index contributed by atoms with van der Waals surface area (Å²) < 4.78 is 0. The minimum atomic E-state index is -0.348. The van der Waals surface area contributed by atoms with Crippen LogP contribution in [0.4, 0.5) is 0 Å². The van der Waals surface area contributed by atoms with Crippen molar-refractivity contribution in [2.45, 2.75) is 52.6 Å². The fraction of sp³-hybridized carbons (Fsp3) is 0.625. The molecule has 1 aromatic rings. The Balaban J connectivity index is 2.15. The fourth-order valence-corrected chi connectivity index (χ4v) is 3.22. The Morgan fingerprint density at radius 3 is 2.62 bits per heavy atom. The van der Waals surface area contributed by atoms with Crippen molar-refractivity contribution in [3.05, 3.63) is 17.5 Å². The molecule has 2 rings (SSSR count). The molecule has 0 atom stereocenters. The second-order valence-corrected chi connectivity index (χ2v) is 8.36. The van der Waals surface area contributed by atoms with Gasteiger partial charge in [-0.3, -0.25) is 9.59 Å². The quantitative estimate of drug-likeness (QED) is 0.633. The van der Waals surface area contributed by atoms with Gasteiger partial charge >= 0.3 is 0 Å². The van der Waals surface area contributed by atoms with E-state index in [2.05, 4.69) is 23.8 Å². The molecule has 0 saturated heterocycles. The molecule has 21 heavy (non-hydrogen) atoms.